The van der Waals surface area contributed by atoms with Crippen molar-refractivity contribution in [1.82, 2.24) is 0 Å². The van der Waals surface area contributed by atoms with Crippen molar-refractivity contribution in [2.24, 2.45) is 0 Å². The summed E-state index contributed by atoms with van der Waals surface area (Å²) in [6.07, 6.45) is 0. The van der Waals surface area contributed by atoms with Gasteiger partial charge in [0.2, 0.25) is 0 Å². The quantitative estimate of drug-likeness (QED) is 0.258. The Labute approximate surface area is 84.4 Å². The van der Waals surface area contributed by atoms with Gasteiger partial charge in [-0.25, -0.2) is 4.89 Å². The van der Waals surface area contributed by atoms with Crippen LogP contribution < -0.4 is 0 Å². The third-order valence-electron chi connectivity index (χ3n) is 1.28. The Morgan fingerprint density at radius 2 is 1.93 bits per heavy atom. The van der Waals surface area contributed by atoms with Gasteiger partial charge in [0.15, 0.2) is 0 Å². The zero-order valence-corrected chi connectivity index (χ0v) is 9.50. The van der Waals surface area contributed by atoms with Gasteiger partial charge in [-0.3, -0.25) is 4.57 Å². The number of hydrogen-bond donors (Lipinski definition) is 0. The molecule has 0 heterocycles. The number of ether oxygens (including phenoxy) is 2. The standard InChI is InChI=1S/C8H17O5P/c1-4-14(3,9)13-12-8-7-11-6-5-10-2/h4H,1,5-8H2,2-3H3. The average Bonchev–Trinajstić information content (AvgIpc) is 2.16. The molecule has 1 unspecified atom stereocenters. The van der Waals surface area contributed by atoms with Crippen LogP contribution in [0.15, 0.2) is 12.4 Å². The molecule has 0 bridgehead atoms. The zero-order valence-electron chi connectivity index (χ0n) is 8.60. The second-order valence-electron chi connectivity index (χ2n) is 2.59. The predicted molar refractivity (Wildman–Crippen MR) is 53.5 cm³/mol. The number of methoxy groups -OCH3 is 1. The highest BCUT2D eigenvalue weighted by molar-refractivity contribution is 7.61. The molecule has 0 aliphatic heterocycles. The highest BCUT2D eigenvalue weighted by atomic mass is 31.2. The van der Waals surface area contributed by atoms with Crippen molar-refractivity contribution in [3.63, 3.8) is 0 Å². The van der Waals surface area contributed by atoms with E-state index in [9.17, 15) is 4.57 Å². The summed E-state index contributed by atoms with van der Waals surface area (Å²) >= 11 is 0. The summed E-state index contributed by atoms with van der Waals surface area (Å²) in [5, 5.41) is 0. The summed E-state index contributed by atoms with van der Waals surface area (Å²) in [4.78, 5) is 4.67. The lowest BCUT2D eigenvalue weighted by Crippen LogP contribution is -2.07. The van der Waals surface area contributed by atoms with Crippen molar-refractivity contribution in [3.05, 3.63) is 12.4 Å². The first-order valence-electron chi connectivity index (χ1n) is 4.21. The van der Waals surface area contributed by atoms with Crippen LogP contribution in [-0.2, 0) is 23.6 Å². The lowest BCUT2D eigenvalue weighted by molar-refractivity contribution is -0.212. The summed E-state index contributed by atoms with van der Waals surface area (Å²) in [5.41, 5.74) is 0. The van der Waals surface area contributed by atoms with Gasteiger partial charge in [0.05, 0.1) is 19.8 Å². The molecule has 0 spiro atoms. The van der Waals surface area contributed by atoms with Crippen molar-refractivity contribution in [1.29, 1.82) is 0 Å². The Morgan fingerprint density at radius 1 is 1.29 bits per heavy atom. The van der Waals surface area contributed by atoms with Crippen LogP contribution in [0.25, 0.3) is 0 Å². The maximum Gasteiger partial charge on any atom is 0.253 e. The SMILES string of the molecule is C=CP(C)(=O)OOCCOCCOC. The monoisotopic (exact) mass is 224 g/mol. The molecule has 0 saturated heterocycles. The molecule has 0 saturated carbocycles. The molecule has 0 N–H and O–H groups in total. The van der Waals surface area contributed by atoms with Gasteiger partial charge in [-0.15, -0.1) is 0 Å². The van der Waals surface area contributed by atoms with Crippen LogP contribution in [0.5, 0.6) is 0 Å². The first kappa shape index (κ1) is 13.8. The van der Waals surface area contributed by atoms with E-state index in [1.165, 1.54) is 12.5 Å². The molecule has 0 fully saturated rings. The van der Waals surface area contributed by atoms with Crippen molar-refractivity contribution in [3.8, 4) is 0 Å². The molecule has 0 aromatic carbocycles. The van der Waals surface area contributed by atoms with Crippen molar-refractivity contribution >= 4 is 7.37 Å². The van der Waals surface area contributed by atoms with Crippen LogP contribution in [0.3, 0.4) is 0 Å². The van der Waals surface area contributed by atoms with E-state index in [2.05, 4.69) is 16.1 Å². The summed E-state index contributed by atoms with van der Waals surface area (Å²) in [5.74, 6) is 1.23. The average molecular weight is 224 g/mol. The fourth-order valence-electron chi connectivity index (χ4n) is 0.510. The van der Waals surface area contributed by atoms with E-state index in [1.54, 1.807) is 7.11 Å². The zero-order chi connectivity index (χ0) is 10.9. The van der Waals surface area contributed by atoms with E-state index in [-0.39, 0.29) is 6.61 Å². The highest BCUT2D eigenvalue weighted by Gasteiger charge is 2.10. The molecule has 0 aliphatic carbocycles. The summed E-state index contributed by atoms with van der Waals surface area (Å²) in [6.45, 7) is 6.43. The first-order valence-corrected chi connectivity index (χ1v) is 6.35. The second kappa shape index (κ2) is 8.15. The molecule has 1 atom stereocenters. The highest BCUT2D eigenvalue weighted by Crippen LogP contribution is 2.43. The van der Waals surface area contributed by atoms with E-state index >= 15 is 0 Å². The normalized spacial score (nSPS) is 15.0. The Morgan fingerprint density at radius 3 is 2.50 bits per heavy atom. The van der Waals surface area contributed by atoms with Gasteiger partial charge >= 0.3 is 0 Å². The molecule has 0 amide bonds. The minimum absolute atomic E-state index is 0.232. The lowest BCUT2D eigenvalue weighted by Gasteiger charge is -2.08. The maximum atomic E-state index is 11.2. The van der Waals surface area contributed by atoms with E-state index in [1.807, 2.05) is 0 Å². The van der Waals surface area contributed by atoms with Crippen LogP contribution in [0, 0.1) is 0 Å². The number of hydrogen-bond acceptors (Lipinski definition) is 5. The minimum Gasteiger partial charge on any atom is -0.382 e. The minimum atomic E-state index is -2.77. The van der Waals surface area contributed by atoms with E-state index in [4.69, 9.17) is 9.47 Å². The Kier molecular flexibility index (Phi) is 8.04. The van der Waals surface area contributed by atoms with Crippen molar-refractivity contribution in [2.75, 3.05) is 40.2 Å². The lowest BCUT2D eigenvalue weighted by atomic mass is 10.7. The fraction of sp³-hybridized carbons (Fsp3) is 0.750. The van der Waals surface area contributed by atoms with E-state index < -0.39 is 7.37 Å². The summed E-state index contributed by atoms with van der Waals surface area (Å²) < 4.78 is 25.6. The van der Waals surface area contributed by atoms with Crippen LogP contribution in [0.2, 0.25) is 0 Å². The van der Waals surface area contributed by atoms with Gasteiger partial charge in [0.1, 0.15) is 6.61 Å². The van der Waals surface area contributed by atoms with Gasteiger partial charge in [-0.2, -0.15) is 4.67 Å². The maximum absolute atomic E-state index is 11.2. The van der Waals surface area contributed by atoms with E-state index in [0.717, 1.165) is 0 Å². The van der Waals surface area contributed by atoms with Crippen LogP contribution in [-0.4, -0.2) is 40.2 Å². The molecule has 0 aromatic heterocycles. The molecule has 84 valence electrons. The van der Waals surface area contributed by atoms with Crippen LogP contribution in [0.4, 0.5) is 0 Å². The summed E-state index contributed by atoms with van der Waals surface area (Å²) in [6, 6.07) is 0. The molecule has 0 rings (SSSR count). The van der Waals surface area contributed by atoms with E-state index in [0.29, 0.717) is 19.8 Å². The van der Waals surface area contributed by atoms with Crippen LogP contribution in [0.1, 0.15) is 0 Å². The number of rotatable bonds is 9. The van der Waals surface area contributed by atoms with Gasteiger partial charge in [0, 0.05) is 13.8 Å². The topological polar surface area (TPSA) is 54.0 Å². The first-order chi connectivity index (χ1) is 6.62. The molecule has 6 heteroatoms. The molecular formula is C8H17O5P. The van der Waals surface area contributed by atoms with Crippen LogP contribution >= 0.6 is 7.37 Å². The van der Waals surface area contributed by atoms with Crippen molar-refractivity contribution < 1.29 is 23.6 Å². The Hall–Kier alpha value is -0.190. The van der Waals surface area contributed by atoms with Crippen molar-refractivity contribution in [2.45, 2.75) is 0 Å². The molecule has 5 nitrogen and oxygen atoms in total. The largest absolute Gasteiger partial charge is 0.382 e. The molecule has 0 aromatic rings. The Balaban J connectivity index is 3.21. The third kappa shape index (κ3) is 8.41. The van der Waals surface area contributed by atoms with Gasteiger partial charge in [-0.05, 0) is 5.82 Å². The molecule has 0 radical (unpaired) electrons. The Bertz CT molecular complexity index is 194. The van der Waals surface area contributed by atoms with Gasteiger partial charge in [-0.1, -0.05) is 6.58 Å². The third-order valence-corrected chi connectivity index (χ3v) is 2.34. The predicted octanol–water partition coefficient (Wildman–Crippen LogP) is 1.65. The molecule has 14 heavy (non-hydrogen) atoms. The summed E-state index contributed by atoms with van der Waals surface area (Å²) in [7, 11) is -1.18. The molecule has 0 aliphatic rings. The smallest absolute Gasteiger partial charge is 0.253 e. The fourth-order valence-corrected chi connectivity index (χ4v) is 0.854. The van der Waals surface area contributed by atoms with Gasteiger partial charge < -0.3 is 9.47 Å². The second-order valence-corrected chi connectivity index (χ2v) is 4.92. The molecular weight excluding hydrogens is 207 g/mol. The van der Waals surface area contributed by atoms with Gasteiger partial charge in [0.25, 0.3) is 7.37 Å².